The van der Waals surface area contributed by atoms with Gasteiger partial charge in [-0.05, 0) is 91.5 Å². The molecular formula is C41H44N2O11. The fourth-order valence-corrected chi connectivity index (χ4v) is 7.63. The van der Waals surface area contributed by atoms with Gasteiger partial charge in [0.2, 0.25) is 0 Å². The number of nitrogens with zero attached hydrogens (tertiary/aromatic N) is 2. The average Bonchev–Trinajstić information content (AvgIpc) is 3.52. The Morgan fingerprint density at radius 3 is 1.26 bits per heavy atom. The third-order valence-corrected chi connectivity index (χ3v) is 10.2. The molecule has 13 nitrogen and oxygen atoms in total. The molecule has 0 radical (unpaired) electrons. The lowest BCUT2D eigenvalue weighted by Gasteiger charge is -2.34. The van der Waals surface area contributed by atoms with Gasteiger partial charge in [0.15, 0.2) is 40.5 Å². The van der Waals surface area contributed by atoms with Gasteiger partial charge in [0.25, 0.3) is 0 Å². The van der Waals surface area contributed by atoms with Gasteiger partial charge in [-0.2, -0.15) is 0 Å². The van der Waals surface area contributed by atoms with Crippen molar-refractivity contribution in [1.29, 1.82) is 0 Å². The Hall–Kier alpha value is -5.33. The number of rotatable bonds is 6. The minimum atomic E-state index is -1.59. The molecule has 2 amide bonds. The lowest BCUT2D eigenvalue weighted by atomic mass is 9.84. The number of ether oxygens (including phenoxy) is 2. The molecule has 4 aliphatic rings. The molecule has 2 aromatic carbocycles. The highest BCUT2D eigenvalue weighted by Gasteiger charge is 2.48. The number of Topliss-reactive ketones (excluding diaryl/α,β-unsaturated/α-hetero) is 6. The van der Waals surface area contributed by atoms with Crippen molar-refractivity contribution in [2.24, 2.45) is 23.7 Å². The Morgan fingerprint density at radius 2 is 0.907 bits per heavy atom. The van der Waals surface area contributed by atoms with Crippen molar-refractivity contribution in [3.63, 3.8) is 0 Å². The van der Waals surface area contributed by atoms with Crippen LogP contribution >= 0.6 is 0 Å². The number of hydrogen-bond donors (Lipinski definition) is 0. The maximum absolute atomic E-state index is 13.7. The van der Waals surface area contributed by atoms with E-state index >= 15 is 0 Å². The summed E-state index contributed by atoms with van der Waals surface area (Å²) in [6, 6.07) is 7.87. The molecule has 0 saturated carbocycles. The van der Waals surface area contributed by atoms with E-state index in [1.165, 1.54) is 46.2 Å². The summed E-state index contributed by atoms with van der Waals surface area (Å²) < 4.78 is 10.9. The van der Waals surface area contributed by atoms with E-state index in [9.17, 15) is 43.2 Å². The van der Waals surface area contributed by atoms with E-state index in [1.54, 1.807) is 41.5 Å². The molecule has 0 spiro atoms. The van der Waals surface area contributed by atoms with Crippen LogP contribution in [0.2, 0.25) is 0 Å². The Morgan fingerprint density at radius 1 is 0.556 bits per heavy atom. The molecule has 2 saturated heterocycles. The van der Waals surface area contributed by atoms with Crippen molar-refractivity contribution >= 4 is 52.7 Å². The van der Waals surface area contributed by atoms with Crippen molar-refractivity contribution in [2.45, 2.75) is 78.4 Å². The zero-order valence-corrected chi connectivity index (χ0v) is 31.3. The second-order valence-corrected chi connectivity index (χ2v) is 16.5. The number of ketones is 7. The van der Waals surface area contributed by atoms with Crippen LogP contribution in [0.15, 0.2) is 36.4 Å². The predicted molar refractivity (Wildman–Crippen MR) is 192 cm³/mol. The second kappa shape index (κ2) is 14.1. The van der Waals surface area contributed by atoms with Crippen LogP contribution in [-0.4, -0.2) is 99.9 Å². The van der Waals surface area contributed by atoms with Crippen LogP contribution in [0, 0.1) is 23.7 Å². The normalized spacial score (nSPS) is 22.9. The first-order chi connectivity index (χ1) is 25.3. The van der Waals surface area contributed by atoms with Crippen LogP contribution in [0.5, 0.6) is 0 Å². The number of amides is 2. The van der Waals surface area contributed by atoms with E-state index in [0.717, 1.165) is 0 Å². The Kier molecular flexibility index (Phi) is 10.1. The zero-order chi connectivity index (χ0) is 39.4. The summed E-state index contributed by atoms with van der Waals surface area (Å²) >= 11 is 0. The van der Waals surface area contributed by atoms with Crippen LogP contribution in [0.3, 0.4) is 0 Å². The molecule has 2 heterocycles. The summed E-state index contributed by atoms with van der Waals surface area (Å²) in [5, 5.41) is 0. The van der Waals surface area contributed by atoms with E-state index < -0.39 is 87.5 Å². The van der Waals surface area contributed by atoms with E-state index in [0.29, 0.717) is 38.8 Å². The van der Waals surface area contributed by atoms with Gasteiger partial charge in [0, 0.05) is 71.4 Å². The molecule has 2 aliphatic heterocycles. The van der Waals surface area contributed by atoms with E-state index in [2.05, 4.69) is 0 Å². The first-order valence-corrected chi connectivity index (χ1v) is 18.3. The summed E-state index contributed by atoms with van der Waals surface area (Å²) in [7, 11) is 0. The van der Waals surface area contributed by atoms with Gasteiger partial charge in [-0.1, -0.05) is 12.1 Å². The number of hydrogen-bond acceptors (Lipinski definition) is 11. The number of benzene rings is 2. The summed E-state index contributed by atoms with van der Waals surface area (Å²) in [6.07, 6.45) is 0.622. The van der Waals surface area contributed by atoms with Crippen LogP contribution in [0.4, 0.5) is 9.59 Å². The van der Waals surface area contributed by atoms with Gasteiger partial charge in [0.05, 0.1) is 0 Å². The largest absolute Gasteiger partial charge is 0.444 e. The summed E-state index contributed by atoms with van der Waals surface area (Å²) in [6.45, 7) is 11.2. The van der Waals surface area contributed by atoms with Gasteiger partial charge in [-0.15, -0.1) is 0 Å². The summed E-state index contributed by atoms with van der Waals surface area (Å²) in [5.41, 5.74) is -1.56. The monoisotopic (exact) mass is 740 g/mol. The van der Waals surface area contributed by atoms with E-state index in [4.69, 9.17) is 9.47 Å². The van der Waals surface area contributed by atoms with Crippen LogP contribution in [0.25, 0.3) is 0 Å². The van der Waals surface area contributed by atoms with Gasteiger partial charge in [-0.3, -0.25) is 33.6 Å². The number of likely N-dealkylation sites (tertiary alicyclic amines) is 2. The molecule has 284 valence electrons. The van der Waals surface area contributed by atoms with Gasteiger partial charge < -0.3 is 19.3 Å². The molecule has 6 rings (SSSR count). The quantitative estimate of drug-likeness (QED) is 0.276. The first kappa shape index (κ1) is 38.4. The molecule has 4 atom stereocenters. The third-order valence-electron chi connectivity index (χ3n) is 10.2. The average molecular weight is 741 g/mol. The van der Waals surface area contributed by atoms with Crippen molar-refractivity contribution in [2.75, 3.05) is 26.2 Å². The molecule has 4 unspecified atom stereocenters. The van der Waals surface area contributed by atoms with Crippen molar-refractivity contribution in [3.8, 4) is 0 Å². The molecule has 2 fully saturated rings. The van der Waals surface area contributed by atoms with Crippen LogP contribution in [-0.2, 0) is 19.1 Å². The molecule has 0 aromatic heterocycles. The Balaban J connectivity index is 1.16. The maximum Gasteiger partial charge on any atom is 0.410 e. The van der Waals surface area contributed by atoms with Gasteiger partial charge in [0.1, 0.15) is 23.0 Å². The number of carbonyl (C=O) groups is 9. The minimum Gasteiger partial charge on any atom is -0.444 e. The molecule has 54 heavy (non-hydrogen) atoms. The SMILES string of the molecule is CC(C)(C)OC(=O)N1CCCC(C(=O)C2C(=O)c3ccc(C(=O)c4ccc5c(c4)C(=O)C(C(=O)C4CCCN(C(=O)OC(C)(C)C)C4)C5=O)cc3C2=O)C1. The van der Waals surface area contributed by atoms with Crippen LogP contribution in [0.1, 0.15) is 125 Å². The number of fused-ring (bicyclic) bond motifs is 2. The predicted octanol–water partition coefficient (Wildman–Crippen LogP) is 5.34. The number of piperidine rings is 2. The van der Waals surface area contributed by atoms with E-state index in [1.807, 2.05) is 0 Å². The van der Waals surface area contributed by atoms with E-state index in [-0.39, 0.29) is 46.5 Å². The second-order valence-electron chi connectivity index (χ2n) is 16.5. The fourth-order valence-electron chi connectivity index (χ4n) is 7.63. The fraction of sp³-hybridized carbons (Fsp3) is 0.488. The van der Waals surface area contributed by atoms with Gasteiger partial charge in [-0.25, -0.2) is 9.59 Å². The van der Waals surface area contributed by atoms with Crippen molar-refractivity contribution in [1.82, 2.24) is 9.80 Å². The van der Waals surface area contributed by atoms with Crippen molar-refractivity contribution in [3.05, 3.63) is 69.8 Å². The van der Waals surface area contributed by atoms with Gasteiger partial charge >= 0.3 is 12.2 Å². The molecule has 0 bridgehead atoms. The third kappa shape index (κ3) is 7.40. The number of carbonyl (C=O) groups excluding carboxylic acids is 9. The molecule has 2 aliphatic carbocycles. The maximum atomic E-state index is 13.7. The highest BCUT2D eigenvalue weighted by Crippen LogP contribution is 2.35. The smallest absolute Gasteiger partial charge is 0.410 e. The van der Waals surface area contributed by atoms with Crippen molar-refractivity contribution < 1.29 is 52.6 Å². The summed E-state index contributed by atoms with van der Waals surface area (Å²) in [5.74, 6) is -9.24. The zero-order valence-electron chi connectivity index (χ0n) is 31.3. The Bertz CT molecular complexity index is 1880. The lowest BCUT2D eigenvalue weighted by Crippen LogP contribution is -2.46. The standard InChI is InChI=1S/C41H44N2O11/c1-40(2,3)53-38(51)42-15-7-9-23(19-42)32(45)29-34(47)25-13-11-21(17-27(25)36(29)49)31(44)22-12-14-26-28(18-22)37(50)30(35(26)48)33(46)24-10-8-16-43(20-24)39(52)54-41(4,5)6/h11-14,17-18,23-24,29-30H,7-10,15-16,19-20H2,1-6H3. The molecular weight excluding hydrogens is 696 g/mol. The summed E-state index contributed by atoms with van der Waals surface area (Å²) in [4.78, 5) is 123. The first-order valence-electron chi connectivity index (χ1n) is 18.3. The topological polar surface area (TPSA) is 179 Å². The molecule has 2 aromatic rings. The molecule has 13 heteroatoms. The minimum absolute atomic E-state index is 0.0127. The Labute approximate surface area is 312 Å². The highest BCUT2D eigenvalue weighted by molar-refractivity contribution is 6.37. The molecule has 0 N–H and O–H groups in total. The van der Waals surface area contributed by atoms with Crippen LogP contribution < -0.4 is 0 Å². The highest BCUT2D eigenvalue weighted by atomic mass is 16.6. The lowest BCUT2D eigenvalue weighted by molar-refractivity contribution is -0.126.